The first-order chi connectivity index (χ1) is 35.3. The normalized spacial score (nSPS) is 11.6. The number of hydrogen-bond acceptors (Lipinski definition) is 2. The molecule has 0 unspecified atom stereocenters. The highest BCUT2D eigenvalue weighted by atomic mass is 15.2. The van der Waals surface area contributed by atoms with Gasteiger partial charge < -0.3 is 18.9 Å². The van der Waals surface area contributed by atoms with E-state index in [1.54, 1.807) is 0 Å². The number of aryl methyl sites for hydroxylation is 4. The lowest BCUT2D eigenvalue weighted by Crippen LogP contribution is -2.11. The Morgan fingerprint density at radius 1 is 0.264 bits per heavy atom. The second-order valence-corrected chi connectivity index (χ2v) is 19.3. The molecule has 0 atom stereocenters. The van der Waals surface area contributed by atoms with Gasteiger partial charge in [-0.1, -0.05) is 150 Å². The molecule has 13 aromatic rings. The number of fused-ring (bicyclic) bond motifs is 7. The predicted octanol–water partition coefficient (Wildman–Crippen LogP) is 18.9. The van der Waals surface area contributed by atoms with Crippen LogP contribution in [0.1, 0.15) is 22.3 Å². The highest BCUT2D eigenvalue weighted by molar-refractivity contribution is 6.13. The van der Waals surface area contributed by atoms with E-state index in [2.05, 4.69) is 289 Å². The zero-order chi connectivity index (χ0) is 48.5. The van der Waals surface area contributed by atoms with Crippen molar-refractivity contribution in [2.24, 2.45) is 0 Å². The van der Waals surface area contributed by atoms with Gasteiger partial charge in [-0.05, 0) is 159 Å². The third-order valence-corrected chi connectivity index (χ3v) is 14.6. The molecule has 0 bridgehead atoms. The lowest BCUT2D eigenvalue weighted by molar-refractivity contribution is 1.17. The molecule has 72 heavy (non-hydrogen) atoms. The minimum Gasteiger partial charge on any atom is -0.310 e. The average Bonchev–Trinajstić information content (AvgIpc) is 3.93. The Kier molecular flexibility index (Phi) is 10.4. The molecule has 2 aromatic heterocycles. The van der Waals surface area contributed by atoms with Crippen LogP contribution >= 0.6 is 0 Å². The summed E-state index contributed by atoms with van der Waals surface area (Å²) in [5.41, 5.74) is 21.0. The summed E-state index contributed by atoms with van der Waals surface area (Å²) in [7, 11) is 0. The monoisotopic (exact) mass is 924 g/mol. The molecule has 0 spiro atoms. The lowest BCUT2D eigenvalue weighted by Gasteiger charge is -2.28. The largest absolute Gasteiger partial charge is 0.310 e. The summed E-state index contributed by atoms with van der Waals surface area (Å²) in [5, 5.41) is 7.28. The Balaban J connectivity index is 0.919. The van der Waals surface area contributed by atoms with Gasteiger partial charge in [-0.3, -0.25) is 0 Å². The van der Waals surface area contributed by atoms with Crippen molar-refractivity contribution in [3.8, 4) is 22.5 Å². The van der Waals surface area contributed by atoms with Crippen molar-refractivity contribution < 1.29 is 0 Å². The van der Waals surface area contributed by atoms with Crippen molar-refractivity contribution in [1.29, 1.82) is 0 Å². The Bertz CT molecular complexity index is 4160. The van der Waals surface area contributed by atoms with E-state index in [9.17, 15) is 0 Å². The van der Waals surface area contributed by atoms with Gasteiger partial charge in [0.15, 0.2) is 0 Å². The number of benzene rings is 11. The summed E-state index contributed by atoms with van der Waals surface area (Å²) in [6, 6.07) is 89.5. The second-order valence-electron chi connectivity index (χ2n) is 19.3. The number of para-hydroxylation sites is 2. The molecule has 344 valence electrons. The van der Waals surface area contributed by atoms with Crippen LogP contribution in [0, 0.1) is 27.7 Å². The van der Waals surface area contributed by atoms with Gasteiger partial charge in [0.2, 0.25) is 0 Å². The van der Waals surface area contributed by atoms with Crippen LogP contribution < -0.4 is 9.80 Å². The van der Waals surface area contributed by atoms with Gasteiger partial charge in [-0.2, -0.15) is 0 Å². The molecular weight excluding hydrogens is 873 g/mol. The van der Waals surface area contributed by atoms with E-state index < -0.39 is 0 Å². The number of hydrogen-bond donors (Lipinski definition) is 0. The highest BCUT2D eigenvalue weighted by Gasteiger charge is 2.22. The van der Waals surface area contributed by atoms with E-state index in [1.165, 1.54) is 82.2 Å². The summed E-state index contributed by atoms with van der Waals surface area (Å²) >= 11 is 0. The smallest absolute Gasteiger partial charge is 0.0542 e. The van der Waals surface area contributed by atoms with Crippen molar-refractivity contribution in [3.05, 3.63) is 265 Å². The first-order valence-corrected chi connectivity index (χ1v) is 24.9. The first-order valence-electron chi connectivity index (χ1n) is 24.9. The van der Waals surface area contributed by atoms with Gasteiger partial charge in [0.25, 0.3) is 0 Å². The van der Waals surface area contributed by atoms with E-state index in [0.29, 0.717) is 0 Å². The molecule has 11 aromatic carbocycles. The van der Waals surface area contributed by atoms with Crippen molar-refractivity contribution in [1.82, 2.24) is 9.13 Å². The van der Waals surface area contributed by atoms with Crippen LogP contribution in [-0.4, -0.2) is 9.13 Å². The van der Waals surface area contributed by atoms with E-state index in [1.807, 2.05) is 0 Å². The summed E-state index contributed by atoms with van der Waals surface area (Å²) in [6.45, 7) is 8.59. The van der Waals surface area contributed by atoms with Crippen molar-refractivity contribution >= 4 is 88.5 Å². The summed E-state index contributed by atoms with van der Waals surface area (Å²) in [6.07, 6.45) is 0. The zero-order valence-electron chi connectivity index (χ0n) is 40.9. The van der Waals surface area contributed by atoms with Crippen molar-refractivity contribution in [2.75, 3.05) is 9.80 Å². The predicted molar refractivity (Wildman–Crippen MR) is 306 cm³/mol. The van der Waals surface area contributed by atoms with Crippen LogP contribution in [0.15, 0.2) is 243 Å². The Morgan fingerprint density at radius 2 is 0.625 bits per heavy atom. The first kappa shape index (κ1) is 42.9. The Morgan fingerprint density at radius 3 is 1.11 bits per heavy atom. The van der Waals surface area contributed by atoms with Crippen LogP contribution in [0.3, 0.4) is 0 Å². The molecule has 0 aliphatic carbocycles. The van der Waals surface area contributed by atoms with Crippen molar-refractivity contribution in [3.63, 3.8) is 0 Å². The fourth-order valence-electron chi connectivity index (χ4n) is 10.9. The van der Waals surface area contributed by atoms with Crippen LogP contribution in [0.5, 0.6) is 0 Å². The average molecular weight is 925 g/mol. The molecule has 0 N–H and O–H groups in total. The molecule has 0 amide bonds. The molecule has 2 heterocycles. The van der Waals surface area contributed by atoms with E-state index in [4.69, 9.17) is 0 Å². The van der Waals surface area contributed by atoms with Crippen LogP contribution in [0.4, 0.5) is 34.1 Å². The molecule has 4 heteroatoms. The SMILES string of the molecule is Cc1ccc(N(c2ccc(-c3ccc(N(c4ccc(C)cc4)c4ccc5c(c4)c4ccccc4n5-c4ccc(C)cc4)c4ccccc34)cc2)c2ccc3c(c2)c2ccccc2n3-c2ccc(C)cc2)cc1. The maximum atomic E-state index is 2.43. The fraction of sp³-hybridized carbons (Fsp3) is 0.0588. The third kappa shape index (κ3) is 7.30. The number of anilines is 6. The highest BCUT2D eigenvalue weighted by Crippen LogP contribution is 2.46. The Hall–Kier alpha value is -9.12. The minimum atomic E-state index is 1.09. The molecule has 4 nitrogen and oxygen atoms in total. The van der Waals surface area contributed by atoms with Gasteiger partial charge in [0.05, 0.1) is 27.8 Å². The molecule has 0 saturated carbocycles. The summed E-state index contributed by atoms with van der Waals surface area (Å²) in [5.74, 6) is 0. The van der Waals surface area contributed by atoms with Crippen molar-refractivity contribution in [2.45, 2.75) is 27.7 Å². The Labute approximate surface area is 420 Å². The third-order valence-electron chi connectivity index (χ3n) is 14.6. The topological polar surface area (TPSA) is 16.3 Å². The van der Waals surface area contributed by atoms with Gasteiger partial charge in [0, 0.05) is 66.7 Å². The summed E-state index contributed by atoms with van der Waals surface area (Å²) < 4.78 is 4.78. The maximum Gasteiger partial charge on any atom is 0.0542 e. The maximum absolute atomic E-state index is 2.43. The van der Waals surface area contributed by atoms with E-state index in [0.717, 1.165) is 51.1 Å². The fourth-order valence-corrected chi connectivity index (χ4v) is 10.9. The van der Waals surface area contributed by atoms with Crippen LogP contribution in [-0.2, 0) is 0 Å². The lowest BCUT2D eigenvalue weighted by atomic mass is 9.96. The van der Waals surface area contributed by atoms with Gasteiger partial charge in [-0.25, -0.2) is 0 Å². The summed E-state index contributed by atoms with van der Waals surface area (Å²) in [4.78, 5) is 4.82. The number of rotatable bonds is 9. The minimum absolute atomic E-state index is 1.09. The molecule has 0 radical (unpaired) electrons. The number of nitrogens with zero attached hydrogens (tertiary/aromatic N) is 4. The standard InChI is InChI=1S/C68H52N4/c1-45-17-27-50(28-18-45)69(55-37-40-67-62(43-55)60-13-7-9-15-64(60)71(67)53-31-21-47(3)22-32-53)51-35-25-49(26-36-51)57-39-42-66(59-12-6-5-11-58(57)59)70(52-29-19-46(2)20-30-52)56-38-41-68-63(44-56)61-14-8-10-16-65(61)72(68)54-33-23-48(4)24-34-54/h5-44H,1-4H3. The quantitative estimate of drug-likeness (QED) is 0.143. The molecule has 0 aliphatic rings. The zero-order valence-corrected chi connectivity index (χ0v) is 40.9. The van der Waals surface area contributed by atoms with Gasteiger partial charge in [-0.15, -0.1) is 0 Å². The van der Waals surface area contributed by atoms with E-state index >= 15 is 0 Å². The van der Waals surface area contributed by atoms with Crippen LogP contribution in [0.25, 0.3) is 76.9 Å². The van der Waals surface area contributed by atoms with Gasteiger partial charge in [0.1, 0.15) is 0 Å². The second kappa shape index (κ2) is 17.4. The molecule has 0 saturated heterocycles. The molecule has 0 fully saturated rings. The molecule has 13 rings (SSSR count). The number of aromatic nitrogens is 2. The molecule has 0 aliphatic heterocycles. The van der Waals surface area contributed by atoms with Gasteiger partial charge >= 0.3 is 0 Å². The van der Waals surface area contributed by atoms with Crippen LogP contribution in [0.2, 0.25) is 0 Å². The molecular formula is C68H52N4. The van der Waals surface area contributed by atoms with E-state index in [-0.39, 0.29) is 0 Å².